The molecule has 2 heterocycles. The normalized spacial score (nSPS) is 11.7. The highest BCUT2D eigenvalue weighted by Gasteiger charge is 2.24. The van der Waals surface area contributed by atoms with Crippen molar-refractivity contribution in [3.63, 3.8) is 0 Å². The number of carbonyl (C=O) groups excluding carboxylic acids is 1. The summed E-state index contributed by atoms with van der Waals surface area (Å²) in [7, 11) is 3.73. The minimum Gasteiger partial charge on any atom is -0.453 e. The lowest BCUT2D eigenvalue weighted by atomic mass is 10.2. The van der Waals surface area contributed by atoms with Gasteiger partial charge >= 0.3 is 6.09 Å². The predicted octanol–water partition coefficient (Wildman–Crippen LogP) is 4.72. The van der Waals surface area contributed by atoms with Crippen LogP contribution in [0.2, 0.25) is 0 Å². The van der Waals surface area contributed by atoms with Gasteiger partial charge in [0, 0.05) is 25.0 Å². The molecule has 0 unspecified atom stereocenters. The number of nitro benzene ring substituents is 1. The Kier molecular flexibility index (Phi) is 5.94. The van der Waals surface area contributed by atoms with Crippen LogP contribution in [0.25, 0.3) is 11.0 Å². The van der Waals surface area contributed by atoms with E-state index in [0.717, 1.165) is 17.7 Å². The van der Waals surface area contributed by atoms with Crippen LogP contribution in [0.4, 0.5) is 14.9 Å². The van der Waals surface area contributed by atoms with Crippen LogP contribution in [0.5, 0.6) is 11.5 Å². The summed E-state index contributed by atoms with van der Waals surface area (Å²) in [6.45, 7) is 5.74. The van der Waals surface area contributed by atoms with Crippen molar-refractivity contribution in [1.82, 2.24) is 14.5 Å². The van der Waals surface area contributed by atoms with Crippen molar-refractivity contribution in [2.24, 2.45) is 0 Å². The van der Waals surface area contributed by atoms with E-state index in [0.29, 0.717) is 17.6 Å². The number of nitro groups is 1. The van der Waals surface area contributed by atoms with E-state index in [1.54, 1.807) is 33.0 Å². The van der Waals surface area contributed by atoms with Crippen molar-refractivity contribution in [1.29, 1.82) is 0 Å². The van der Waals surface area contributed by atoms with Gasteiger partial charge in [-0.15, -0.1) is 0 Å². The molecule has 0 aliphatic rings. The first-order chi connectivity index (χ1) is 14.5. The maximum absolute atomic E-state index is 14.4. The van der Waals surface area contributed by atoms with Crippen LogP contribution in [0.15, 0.2) is 36.7 Å². The highest BCUT2D eigenvalue weighted by atomic mass is 19.1. The molecular weight excluding hydrogens is 407 g/mol. The molecule has 3 aromatic rings. The third-order valence-corrected chi connectivity index (χ3v) is 4.15. The Hall–Kier alpha value is -3.53. The third kappa shape index (κ3) is 4.97. The molecule has 9 nitrogen and oxygen atoms in total. The van der Waals surface area contributed by atoms with Crippen molar-refractivity contribution in [3.8, 4) is 11.5 Å². The molecule has 164 valence electrons. The first-order valence-electron chi connectivity index (χ1n) is 9.45. The standard InChI is InChI=1S/C21H23FN4O5/c1-21(2,3)31-20(27)25-12-13(11-24(4)5)18-17(8-9-23-19(18)25)30-16-7-6-14(26(28)29)10-15(16)22/h6-10,12H,11H2,1-5H3. The van der Waals surface area contributed by atoms with Gasteiger partial charge in [-0.2, -0.15) is 0 Å². The highest BCUT2D eigenvalue weighted by Crippen LogP contribution is 2.35. The summed E-state index contributed by atoms with van der Waals surface area (Å²) in [5.41, 5.74) is -0.0675. The molecular formula is C21H23FN4O5. The first-order valence-corrected chi connectivity index (χ1v) is 9.45. The summed E-state index contributed by atoms with van der Waals surface area (Å²) in [4.78, 5) is 29.1. The summed E-state index contributed by atoms with van der Waals surface area (Å²) in [6, 6.07) is 4.68. The molecule has 0 amide bonds. The maximum atomic E-state index is 14.4. The zero-order valence-electron chi connectivity index (χ0n) is 17.9. The number of hydrogen-bond acceptors (Lipinski definition) is 7. The van der Waals surface area contributed by atoms with Gasteiger partial charge in [0.05, 0.1) is 16.4 Å². The number of nitrogens with zero attached hydrogens (tertiary/aromatic N) is 4. The number of hydrogen-bond donors (Lipinski definition) is 0. The number of non-ortho nitro benzene ring substituents is 1. The van der Waals surface area contributed by atoms with E-state index in [1.807, 2.05) is 19.0 Å². The number of benzene rings is 1. The monoisotopic (exact) mass is 430 g/mol. The Morgan fingerprint density at radius 2 is 1.97 bits per heavy atom. The van der Waals surface area contributed by atoms with Gasteiger partial charge in [0.2, 0.25) is 0 Å². The lowest BCUT2D eigenvalue weighted by Crippen LogP contribution is -2.27. The number of fused-ring (bicyclic) bond motifs is 1. The molecule has 0 saturated carbocycles. The Balaban J connectivity index is 2.10. The first kappa shape index (κ1) is 22.2. The molecule has 0 bridgehead atoms. The van der Waals surface area contributed by atoms with Crippen LogP contribution in [0.3, 0.4) is 0 Å². The molecule has 3 rings (SSSR count). The van der Waals surface area contributed by atoms with Crippen molar-refractivity contribution in [3.05, 3.63) is 58.2 Å². The fraction of sp³-hybridized carbons (Fsp3) is 0.333. The van der Waals surface area contributed by atoms with Gasteiger partial charge in [0.25, 0.3) is 5.69 Å². The van der Waals surface area contributed by atoms with Crippen LogP contribution >= 0.6 is 0 Å². The maximum Gasteiger partial charge on any atom is 0.420 e. The zero-order valence-corrected chi connectivity index (χ0v) is 17.9. The predicted molar refractivity (Wildman–Crippen MR) is 112 cm³/mol. The average Bonchev–Trinajstić information content (AvgIpc) is 3.01. The van der Waals surface area contributed by atoms with Gasteiger partial charge < -0.3 is 14.4 Å². The highest BCUT2D eigenvalue weighted by molar-refractivity contribution is 5.93. The molecule has 0 aliphatic carbocycles. The SMILES string of the molecule is CN(C)Cc1cn(C(=O)OC(C)(C)C)c2nccc(Oc3ccc([N+](=O)[O-])cc3F)c12. The summed E-state index contributed by atoms with van der Waals surface area (Å²) in [5, 5.41) is 11.4. The third-order valence-electron chi connectivity index (χ3n) is 4.15. The fourth-order valence-corrected chi connectivity index (χ4v) is 3.00. The van der Waals surface area contributed by atoms with E-state index >= 15 is 0 Å². The number of aromatic nitrogens is 2. The van der Waals surface area contributed by atoms with Gasteiger partial charge in [0.1, 0.15) is 11.4 Å². The molecule has 0 aliphatic heterocycles. The number of ether oxygens (including phenoxy) is 2. The Bertz CT molecular complexity index is 1150. The van der Waals surface area contributed by atoms with Crippen molar-refractivity contribution in [2.75, 3.05) is 14.1 Å². The van der Waals surface area contributed by atoms with E-state index in [2.05, 4.69) is 4.98 Å². The number of pyridine rings is 1. The molecule has 10 heteroatoms. The Morgan fingerprint density at radius 3 is 2.55 bits per heavy atom. The van der Waals surface area contributed by atoms with Crippen LogP contribution in [0, 0.1) is 15.9 Å². The molecule has 0 atom stereocenters. The number of carbonyl (C=O) groups is 1. The topological polar surface area (TPSA) is 99.7 Å². The summed E-state index contributed by atoms with van der Waals surface area (Å²) < 4.78 is 26.9. The molecule has 0 saturated heterocycles. The van der Waals surface area contributed by atoms with Crippen molar-refractivity contribution in [2.45, 2.75) is 32.9 Å². The van der Waals surface area contributed by atoms with Gasteiger partial charge in [-0.25, -0.2) is 18.7 Å². The lowest BCUT2D eigenvalue weighted by molar-refractivity contribution is -0.385. The molecule has 0 N–H and O–H groups in total. The van der Waals surface area contributed by atoms with Gasteiger partial charge in [-0.05, 0) is 52.6 Å². The zero-order chi connectivity index (χ0) is 22.9. The number of halogens is 1. The van der Waals surface area contributed by atoms with Gasteiger partial charge in [-0.3, -0.25) is 10.1 Å². The second-order valence-electron chi connectivity index (χ2n) is 8.22. The van der Waals surface area contributed by atoms with E-state index < -0.39 is 22.4 Å². The van der Waals surface area contributed by atoms with E-state index in [-0.39, 0.29) is 17.2 Å². The van der Waals surface area contributed by atoms with Gasteiger partial charge in [0.15, 0.2) is 17.2 Å². The Labute approximate surface area is 178 Å². The van der Waals surface area contributed by atoms with E-state index in [9.17, 15) is 19.3 Å². The molecule has 0 spiro atoms. The van der Waals surface area contributed by atoms with Crippen molar-refractivity contribution < 1.29 is 23.6 Å². The summed E-state index contributed by atoms with van der Waals surface area (Å²) in [5.74, 6) is -0.796. The van der Waals surface area contributed by atoms with Crippen LogP contribution in [-0.2, 0) is 11.3 Å². The van der Waals surface area contributed by atoms with Gasteiger partial charge in [-0.1, -0.05) is 0 Å². The van der Waals surface area contributed by atoms with Crippen molar-refractivity contribution >= 4 is 22.8 Å². The summed E-state index contributed by atoms with van der Waals surface area (Å²) >= 11 is 0. The minimum atomic E-state index is -0.875. The smallest absolute Gasteiger partial charge is 0.420 e. The lowest BCUT2D eigenvalue weighted by Gasteiger charge is -2.19. The fourth-order valence-electron chi connectivity index (χ4n) is 3.00. The number of rotatable bonds is 5. The van der Waals surface area contributed by atoms with Crippen LogP contribution < -0.4 is 4.74 Å². The molecule has 0 fully saturated rings. The molecule has 31 heavy (non-hydrogen) atoms. The van der Waals surface area contributed by atoms with E-state index in [1.165, 1.54) is 16.8 Å². The van der Waals surface area contributed by atoms with Crippen LogP contribution in [-0.4, -0.2) is 45.2 Å². The second-order valence-corrected chi connectivity index (χ2v) is 8.22. The molecule has 1 aromatic carbocycles. The largest absolute Gasteiger partial charge is 0.453 e. The van der Waals surface area contributed by atoms with E-state index in [4.69, 9.17) is 9.47 Å². The minimum absolute atomic E-state index is 0.182. The quantitative estimate of drug-likeness (QED) is 0.426. The molecule has 0 radical (unpaired) electrons. The average molecular weight is 430 g/mol. The molecule has 2 aromatic heterocycles. The van der Waals surface area contributed by atoms with Crippen LogP contribution in [0.1, 0.15) is 26.3 Å². The Morgan fingerprint density at radius 1 is 1.26 bits per heavy atom. The second kappa shape index (κ2) is 8.31. The summed E-state index contributed by atoms with van der Waals surface area (Å²) in [6.07, 6.45) is 2.44.